The molecule has 150 valence electrons. The Morgan fingerprint density at radius 1 is 1.11 bits per heavy atom. The SMILES string of the molecule is CCCCN(C)C(=O)c1nc(C(=O)N2CCN(C(C)=O)CC2)c2ccccn12. The molecule has 2 aromatic heterocycles. The highest BCUT2D eigenvalue weighted by Crippen LogP contribution is 2.18. The highest BCUT2D eigenvalue weighted by Gasteiger charge is 2.28. The highest BCUT2D eigenvalue weighted by atomic mass is 16.2. The fourth-order valence-electron chi connectivity index (χ4n) is 3.39. The van der Waals surface area contributed by atoms with Crippen molar-refractivity contribution >= 4 is 23.2 Å². The van der Waals surface area contributed by atoms with Gasteiger partial charge >= 0.3 is 0 Å². The summed E-state index contributed by atoms with van der Waals surface area (Å²) in [5, 5.41) is 0. The zero-order chi connectivity index (χ0) is 20.3. The van der Waals surface area contributed by atoms with Crippen molar-refractivity contribution in [2.45, 2.75) is 26.7 Å². The maximum absolute atomic E-state index is 13.1. The number of hydrogen-bond donors (Lipinski definition) is 0. The molecule has 2 aromatic rings. The largest absolute Gasteiger partial charge is 0.339 e. The van der Waals surface area contributed by atoms with E-state index in [1.807, 2.05) is 12.1 Å². The quantitative estimate of drug-likeness (QED) is 0.782. The van der Waals surface area contributed by atoms with Crippen molar-refractivity contribution in [3.05, 3.63) is 35.9 Å². The number of imidazole rings is 1. The Balaban J connectivity index is 1.87. The zero-order valence-electron chi connectivity index (χ0n) is 16.7. The fourth-order valence-corrected chi connectivity index (χ4v) is 3.39. The number of carbonyl (C=O) groups is 3. The van der Waals surface area contributed by atoms with Gasteiger partial charge in [0, 0.05) is 52.9 Å². The van der Waals surface area contributed by atoms with Crippen LogP contribution in [0.4, 0.5) is 0 Å². The first-order chi connectivity index (χ1) is 13.4. The van der Waals surface area contributed by atoms with Crippen LogP contribution in [0.3, 0.4) is 0 Å². The fraction of sp³-hybridized carbons (Fsp3) is 0.500. The first kappa shape index (κ1) is 19.9. The molecule has 1 aliphatic heterocycles. The van der Waals surface area contributed by atoms with E-state index in [1.165, 1.54) is 6.92 Å². The van der Waals surface area contributed by atoms with Crippen molar-refractivity contribution in [2.24, 2.45) is 0 Å². The van der Waals surface area contributed by atoms with Gasteiger partial charge in [0.2, 0.25) is 11.7 Å². The monoisotopic (exact) mass is 385 g/mol. The van der Waals surface area contributed by atoms with Crippen molar-refractivity contribution in [1.82, 2.24) is 24.1 Å². The molecule has 0 atom stereocenters. The zero-order valence-corrected chi connectivity index (χ0v) is 16.7. The minimum atomic E-state index is -0.206. The van der Waals surface area contributed by atoms with Gasteiger partial charge in [-0.2, -0.15) is 0 Å². The maximum Gasteiger partial charge on any atom is 0.289 e. The van der Waals surface area contributed by atoms with Crippen LogP contribution < -0.4 is 0 Å². The van der Waals surface area contributed by atoms with Gasteiger partial charge in [-0.3, -0.25) is 18.8 Å². The van der Waals surface area contributed by atoms with Crippen LogP contribution >= 0.6 is 0 Å². The van der Waals surface area contributed by atoms with Gasteiger partial charge in [-0.25, -0.2) is 4.98 Å². The second-order valence-corrected chi connectivity index (χ2v) is 7.12. The second kappa shape index (κ2) is 8.41. The Morgan fingerprint density at radius 3 is 2.43 bits per heavy atom. The number of hydrogen-bond acceptors (Lipinski definition) is 4. The summed E-state index contributed by atoms with van der Waals surface area (Å²) in [6, 6.07) is 5.45. The minimum absolute atomic E-state index is 0.0162. The van der Waals surface area contributed by atoms with Crippen molar-refractivity contribution in [2.75, 3.05) is 39.8 Å². The molecule has 0 spiro atoms. The van der Waals surface area contributed by atoms with E-state index >= 15 is 0 Å². The van der Waals surface area contributed by atoms with Crippen LogP contribution in [0.2, 0.25) is 0 Å². The predicted molar refractivity (Wildman–Crippen MR) is 105 cm³/mol. The second-order valence-electron chi connectivity index (χ2n) is 7.12. The summed E-state index contributed by atoms with van der Waals surface area (Å²) in [5.41, 5.74) is 0.901. The van der Waals surface area contributed by atoms with E-state index in [4.69, 9.17) is 0 Å². The third kappa shape index (κ3) is 3.85. The van der Waals surface area contributed by atoms with Crippen molar-refractivity contribution in [3.8, 4) is 0 Å². The van der Waals surface area contributed by atoms with Crippen LogP contribution in [0.5, 0.6) is 0 Å². The number of unbranched alkanes of at least 4 members (excludes halogenated alkanes) is 1. The van der Waals surface area contributed by atoms with E-state index in [-0.39, 0.29) is 29.2 Å². The van der Waals surface area contributed by atoms with Gasteiger partial charge in [0.25, 0.3) is 11.8 Å². The van der Waals surface area contributed by atoms with E-state index in [1.54, 1.807) is 38.4 Å². The summed E-state index contributed by atoms with van der Waals surface area (Å²) in [4.78, 5) is 47.0. The van der Waals surface area contributed by atoms with Gasteiger partial charge < -0.3 is 14.7 Å². The molecule has 28 heavy (non-hydrogen) atoms. The molecule has 0 aromatic carbocycles. The predicted octanol–water partition coefficient (Wildman–Crippen LogP) is 1.51. The van der Waals surface area contributed by atoms with E-state index in [0.29, 0.717) is 38.2 Å². The van der Waals surface area contributed by atoms with Gasteiger partial charge in [-0.05, 0) is 18.6 Å². The number of rotatable bonds is 5. The molecule has 1 saturated heterocycles. The lowest BCUT2D eigenvalue weighted by atomic mass is 10.2. The molecule has 1 aliphatic rings. The lowest BCUT2D eigenvalue weighted by molar-refractivity contribution is -0.130. The number of carbonyl (C=O) groups excluding carboxylic acids is 3. The maximum atomic E-state index is 13.1. The summed E-state index contributed by atoms with van der Waals surface area (Å²) in [6.45, 7) is 6.21. The van der Waals surface area contributed by atoms with Gasteiger partial charge in [-0.15, -0.1) is 0 Å². The highest BCUT2D eigenvalue weighted by molar-refractivity contribution is 6.02. The average molecular weight is 385 g/mol. The van der Waals surface area contributed by atoms with E-state index in [9.17, 15) is 14.4 Å². The number of fused-ring (bicyclic) bond motifs is 1. The topological polar surface area (TPSA) is 78.2 Å². The Hall–Kier alpha value is -2.90. The molecule has 0 aliphatic carbocycles. The molecule has 3 amide bonds. The molecule has 0 N–H and O–H groups in total. The Labute approximate surface area is 164 Å². The first-order valence-corrected chi connectivity index (χ1v) is 9.71. The van der Waals surface area contributed by atoms with Crippen LogP contribution in [-0.2, 0) is 4.79 Å². The lowest BCUT2D eigenvalue weighted by Crippen LogP contribution is -2.50. The van der Waals surface area contributed by atoms with Gasteiger partial charge in [0.15, 0.2) is 5.69 Å². The summed E-state index contributed by atoms with van der Waals surface area (Å²) < 4.78 is 1.68. The van der Waals surface area contributed by atoms with Crippen molar-refractivity contribution in [1.29, 1.82) is 0 Å². The molecule has 0 saturated carbocycles. The summed E-state index contributed by atoms with van der Waals surface area (Å²) in [6.07, 6.45) is 3.67. The number of pyridine rings is 1. The van der Waals surface area contributed by atoms with Crippen LogP contribution in [0, 0.1) is 0 Å². The van der Waals surface area contributed by atoms with Crippen LogP contribution in [0.15, 0.2) is 24.4 Å². The molecule has 3 rings (SSSR count). The van der Waals surface area contributed by atoms with Gasteiger partial charge in [0.1, 0.15) is 0 Å². The van der Waals surface area contributed by atoms with Crippen LogP contribution in [0.1, 0.15) is 47.8 Å². The Kier molecular flexibility index (Phi) is 5.96. The molecule has 0 bridgehead atoms. The molecule has 3 heterocycles. The third-order valence-corrected chi connectivity index (χ3v) is 5.15. The van der Waals surface area contributed by atoms with Crippen LogP contribution in [-0.4, -0.2) is 81.6 Å². The summed E-state index contributed by atoms with van der Waals surface area (Å²) in [7, 11) is 1.75. The van der Waals surface area contributed by atoms with E-state index in [2.05, 4.69) is 11.9 Å². The van der Waals surface area contributed by atoms with Crippen molar-refractivity contribution < 1.29 is 14.4 Å². The first-order valence-electron chi connectivity index (χ1n) is 9.71. The molecule has 0 unspecified atom stereocenters. The van der Waals surface area contributed by atoms with E-state index in [0.717, 1.165) is 12.8 Å². The molecule has 0 radical (unpaired) electrons. The normalized spacial score (nSPS) is 14.4. The number of nitrogens with zero attached hydrogens (tertiary/aromatic N) is 5. The Bertz CT molecular complexity index is 883. The van der Waals surface area contributed by atoms with Crippen molar-refractivity contribution in [3.63, 3.8) is 0 Å². The lowest BCUT2D eigenvalue weighted by Gasteiger charge is -2.33. The molecular weight excluding hydrogens is 358 g/mol. The number of amides is 3. The Morgan fingerprint density at radius 2 is 1.79 bits per heavy atom. The van der Waals surface area contributed by atoms with Gasteiger partial charge in [-0.1, -0.05) is 19.4 Å². The molecular formula is C20H27N5O3. The van der Waals surface area contributed by atoms with Crippen LogP contribution in [0.25, 0.3) is 5.52 Å². The minimum Gasteiger partial charge on any atom is -0.339 e. The number of piperazine rings is 1. The third-order valence-electron chi connectivity index (χ3n) is 5.15. The molecule has 1 fully saturated rings. The summed E-state index contributed by atoms with van der Waals surface area (Å²) in [5.74, 6) is -0.139. The molecule has 8 heteroatoms. The molecule has 8 nitrogen and oxygen atoms in total. The smallest absolute Gasteiger partial charge is 0.289 e. The summed E-state index contributed by atoms with van der Waals surface area (Å²) >= 11 is 0. The van der Waals surface area contributed by atoms with E-state index < -0.39 is 0 Å². The standard InChI is InChI=1S/C20H27N5O3/c1-4-5-9-22(3)20(28)18-21-17(16-8-6-7-10-25(16)18)19(27)24-13-11-23(12-14-24)15(2)26/h6-8,10H,4-5,9,11-14H2,1-3H3. The average Bonchev–Trinajstić information content (AvgIpc) is 3.10. The van der Waals surface area contributed by atoms with Gasteiger partial charge in [0.05, 0.1) is 5.52 Å². The number of aromatic nitrogens is 2.